The maximum atomic E-state index is 13.5. The average Bonchev–Trinajstić information content (AvgIpc) is 3.15. The Morgan fingerprint density at radius 1 is 1.12 bits per heavy atom. The number of ether oxygens (including phenoxy) is 3. The topological polar surface area (TPSA) is 57.1 Å². The number of esters is 1. The van der Waals surface area contributed by atoms with Crippen molar-refractivity contribution in [2.24, 2.45) is 4.99 Å². The van der Waals surface area contributed by atoms with Gasteiger partial charge in [-0.1, -0.05) is 23.7 Å². The smallest absolute Gasteiger partial charge is 0.363 e. The highest BCUT2D eigenvalue weighted by Gasteiger charge is 2.26. The minimum atomic E-state index is -0.565. The highest BCUT2D eigenvalue weighted by atomic mass is 127. The van der Waals surface area contributed by atoms with E-state index in [0.717, 1.165) is 7.14 Å². The van der Waals surface area contributed by atoms with Gasteiger partial charge in [-0.05, 0) is 112 Å². The van der Waals surface area contributed by atoms with Gasteiger partial charge in [0.2, 0.25) is 5.90 Å². The lowest BCUT2D eigenvalue weighted by Crippen LogP contribution is -2.06. The van der Waals surface area contributed by atoms with Crippen LogP contribution in [-0.4, -0.2) is 18.5 Å². The number of benzene rings is 3. The summed E-state index contributed by atoms with van der Waals surface area (Å²) >= 11 is 10.5. The first kappa shape index (κ1) is 24.9. The van der Waals surface area contributed by atoms with Gasteiger partial charge in [-0.2, -0.15) is 0 Å². The Morgan fingerprint density at radius 3 is 2.71 bits per heavy atom. The summed E-state index contributed by atoms with van der Waals surface area (Å²) in [5, 5.41) is 0.446. The van der Waals surface area contributed by atoms with Crippen molar-refractivity contribution in [3.8, 4) is 11.5 Å². The fourth-order valence-electron chi connectivity index (χ4n) is 3.20. The molecule has 0 aromatic heterocycles. The molecule has 1 heterocycles. The van der Waals surface area contributed by atoms with Crippen LogP contribution in [0.3, 0.4) is 0 Å². The van der Waals surface area contributed by atoms with Crippen LogP contribution in [0.1, 0.15) is 23.6 Å². The van der Waals surface area contributed by atoms with Gasteiger partial charge in [-0.25, -0.2) is 14.2 Å². The molecule has 0 saturated carbocycles. The lowest BCUT2D eigenvalue weighted by Gasteiger charge is -2.15. The molecule has 5 nitrogen and oxygen atoms in total. The molecule has 9 heteroatoms. The number of rotatable bonds is 7. The molecular weight excluding hydrogens is 687 g/mol. The Kier molecular flexibility index (Phi) is 8.10. The third kappa shape index (κ3) is 5.89. The van der Waals surface area contributed by atoms with Gasteiger partial charge in [0.25, 0.3) is 0 Å². The number of carbonyl (C=O) groups is 1. The average molecular weight is 704 g/mol. The van der Waals surface area contributed by atoms with Gasteiger partial charge in [0.15, 0.2) is 17.2 Å². The van der Waals surface area contributed by atoms with E-state index in [1.807, 2.05) is 19.1 Å². The van der Waals surface area contributed by atoms with Crippen LogP contribution in [0.2, 0.25) is 5.02 Å². The lowest BCUT2D eigenvalue weighted by atomic mass is 10.1. The van der Waals surface area contributed by atoms with Gasteiger partial charge >= 0.3 is 5.97 Å². The first-order valence-electron chi connectivity index (χ1n) is 10.2. The predicted molar refractivity (Wildman–Crippen MR) is 146 cm³/mol. The second-order valence-corrected chi connectivity index (χ2v) is 9.96. The summed E-state index contributed by atoms with van der Waals surface area (Å²) in [6, 6.07) is 15.2. The molecule has 0 amide bonds. The van der Waals surface area contributed by atoms with E-state index in [9.17, 15) is 9.18 Å². The van der Waals surface area contributed by atoms with Crippen LogP contribution in [-0.2, 0) is 16.1 Å². The molecule has 174 valence electrons. The lowest BCUT2D eigenvalue weighted by molar-refractivity contribution is -0.129. The Labute approximate surface area is 228 Å². The van der Waals surface area contributed by atoms with Crippen molar-refractivity contribution < 1.29 is 23.4 Å². The second-order valence-electron chi connectivity index (χ2n) is 7.14. The molecule has 0 bridgehead atoms. The molecule has 0 spiro atoms. The number of cyclic esters (lactones) is 1. The molecule has 1 aliphatic heterocycles. The van der Waals surface area contributed by atoms with Gasteiger partial charge in [0.1, 0.15) is 12.4 Å². The van der Waals surface area contributed by atoms with E-state index in [4.69, 9.17) is 25.8 Å². The number of nitrogens with zero attached hydrogens (tertiary/aromatic N) is 1. The van der Waals surface area contributed by atoms with E-state index in [1.54, 1.807) is 36.4 Å². The summed E-state index contributed by atoms with van der Waals surface area (Å²) in [7, 11) is 0. The SMILES string of the molecule is CCOc1cc(/C=C2\N=C(c3cc(I)ccc3Cl)OC2=O)cc(I)c1OCc1cccc(F)c1. The van der Waals surface area contributed by atoms with E-state index in [2.05, 4.69) is 50.2 Å². The second kappa shape index (κ2) is 11.0. The molecule has 1 aliphatic rings. The molecule has 0 fully saturated rings. The minimum absolute atomic E-state index is 0.150. The molecule has 0 atom stereocenters. The van der Waals surface area contributed by atoms with Crippen molar-refractivity contribution in [2.75, 3.05) is 6.61 Å². The van der Waals surface area contributed by atoms with Crippen LogP contribution in [0.25, 0.3) is 6.08 Å². The van der Waals surface area contributed by atoms with Crippen molar-refractivity contribution in [1.29, 1.82) is 0 Å². The number of halogens is 4. The van der Waals surface area contributed by atoms with E-state index in [0.29, 0.717) is 39.8 Å². The van der Waals surface area contributed by atoms with Crippen molar-refractivity contribution in [3.05, 3.63) is 95.0 Å². The van der Waals surface area contributed by atoms with Crippen molar-refractivity contribution in [1.82, 2.24) is 0 Å². The van der Waals surface area contributed by atoms with Gasteiger partial charge in [0, 0.05) is 3.57 Å². The molecule has 3 aromatic rings. The zero-order chi connectivity index (χ0) is 24.2. The Morgan fingerprint density at radius 2 is 1.94 bits per heavy atom. The Balaban J connectivity index is 1.63. The van der Waals surface area contributed by atoms with Crippen LogP contribution in [0.15, 0.2) is 65.3 Å². The van der Waals surface area contributed by atoms with E-state index in [1.165, 1.54) is 12.1 Å². The largest absolute Gasteiger partial charge is 0.490 e. The first-order valence-corrected chi connectivity index (χ1v) is 12.7. The highest BCUT2D eigenvalue weighted by molar-refractivity contribution is 14.1. The Bertz CT molecular complexity index is 1330. The van der Waals surface area contributed by atoms with E-state index >= 15 is 0 Å². The first-order chi connectivity index (χ1) is 16.3. The zero-order valence-corrected chi connectivity index (χ0v) is 22.9. The quantitative estimate of drug-likeness (QED) is 0.151. The summed E-state index contributed by atoms with van der Waals surface area (Å²) in [6.07, 6.45) is 1.62. The molecule has 34 heavy (non-hydrogen) atoms. The minimum Gasteiger partial charge on any atom is -0.490 e. The molecule has 0 unspecified atom stereocenters. The number of carbonyl (C=O) groups excluding carboxylic acids is 1. The van der Waals surface area contributed by atoms with Crippen LogP contribution in [0.5, 0.6) is 11.5 Å². The van der Waals surface area contributed by atoms with Crippen LogP contribution in [0.4, 0.5) is 4.39 Å². The van der Waals surface area contributed by atoms with Gasteiger partial charge in [-0.15, -0.1) is 0 Å². The fraction of sp³-hybridized carbons (Fsp3) is 0.120. The third-order valence-electron chi connectivity index (χ3n) is 4.69. The molecule has 3 aromatic carbocycles. The van der Waals surface area contributed by atoms with Crippen LogP contribution < -0.4 is 9.47 Å². The zero-order valence-electron chi connectivity index (χ0n) is 17.8. The summed E-state index contributed by atoms with van der Waals surface area (Å²) in [5.41, 5.74) is 2.10. The van der Waals surface area contributed by atoms with Gasteiger partial charge in [0.05, 0.1) is 20.8 Å². The summed E-state index contributed by atoms with van der Waals surface area (Å²) in [6.45, 7) is 2.47. The van der Waals surface area contributed by atoms with Crippen molar-refractivity contribution in [3.63, 3.8) is 0 Å². The predicted octanol–water partition coefficient (Wildman–Crippen LogP) is 7.01. The standard InChI is InChI=1S/C25H17ClFI2NO4/c1-2-32-22-11-15(9-20(29)23(22)33-13-14-4-3-5-16(27)8-14)10-21-25(31)34-24(30-21)18-12-17(28)6-7-19(18)26/h3-12H,2,13H2,1H3/b21-10-. The summed E-state index contributed by atoms with van der Waals surface area (Å²) in [4.78, 5) is 16.8. The molecular formula is C25H17ClFI2NO4. The van der Waals surface area contributed by atoms with Crippen LogP contribution in [0, 0.1) is 13.0 Å². The molecule has 0 aliphatic carbocycles. The van der Waals surface area contributed by atoms with Gasteiger partial charge < -0.3 is 14.2 Å². The summed E-state index contributed by atoms with van der Waals surface area (Å²) < 4.78 is 32.3. The van der Waals surface area contributed by atoms with Crippen LogP contribution >= 0.6 is 56.8 Å². The monoisotopic (exact) mass is 703 g/mol. The normalized spacial score (nSPS) is 14.2. The molecule has 0 radical (unpaired) electrons. The maximum Gasteiger partial charge on any atom is 0.363 e. The highest BCUT2D eigenvalue weighted by Crippen LogP contribution is 2.36. The third-order valence-corrected chi connectivity index (χ3v) is 6.49. The number of aliphatic imine (C=N–C) groups is 1. The summed E-state index contributed by atoms with van der Waals surface area (Å²) in [5.74, 6) is 0.322. The molecule has 0 N–H and O–H groups in total. The molecule has 4 rings (SSSR count). The van der Waals surface area contributed by atoms with Crippen molar-refractivity contribution in [2.45, 2.75) is 13.5 Å². The number of hydrogen-bond donors (Lipinski definition) is 0. The molecule has 0 saturated heterocycles. The maximum absolute atomic E-state index is 13.5. The Hall–Kier alpha value is -2.18. The van der Waals surface area contributed by atoms with E-state index < -0.39 is 5.97 Å². The fourth-order valence-corrected chi connectivity index (χ4v) is 4.67. The van der Waals surface area contributed by atoms with Gasteiger partial charge in [-0.3, -0.25) is 0 Å². The number of hydrogen-bond acceptors (Lipinski definition) is 5. The van der Waals surface area contributed by atoms with Crippen molar-refractivity contribution >= 4 is 74.7 Å². The van der Waals surface area contributed by atoms with E-state index in [-0.39, 0.29) is 24.0 Å².